The van der Waals surface area contributed by atoms with Crippen molar-refractivity contribution in [1.29, 1.82) is 0 Å². The van der Waals surface area contributed by atoms with Gasteiger partial charge in [-0.3, -0.25) is 4.79 Å². The van der Waals surface area contributed by atoms with Gasteiger partial charge in [0.05, 0.1) is 5.69 Å². The average molecular weight is 343 g/mol. The van der Waals surface area contributed by atoms with E-state index in [9.17, 15) is 4.79 Å². The third-order valence-corrected chi connectivity index (χ3v) is 4.46. The molecule has 23 heavy (non-hydrogen) atoms. The molecule has 0 saturated carbocycles. The lowest BCUT2D eigenvalue weighted by molar-refractivity contribution is -0.114. The molecular weight excluding hydrogens is 330 g/mol. The second-order valence-electron chi connectivity index (χ2n) is 5.35. The Labute approximate surface area is 145 Å². The van der Waals surface area contributed by atoms with Gasteiger partial charge in [-0.1, -0.05) is 59.5 Å². The zero-order valence-corrected chi connectivity index (χ0v) is 14.0. The number of carbonyl (C=O) groups excluding carboxylic acids is 1. The first-order valence-electron chi connectivity index (χ1n) is 7.08. The number of hydrogen-bond acceptors (Lipinski definition) is 2. The highest BCUT2D eigenvalue weighted by molar-refractivity contribution is 6.91. The Morgan fingerprint density at radius 3 is 2.52 bits per heavy atom. The van der Waals surface area contributed by atoms with Gasteiger partial charge in [0.2, 0.25) is 7.28 Å². The maximum absolute atomic E-state index is 12.4. The third kappa shape index (κ3) is 3.05. The highest BCUT2D eigenvalue weighted by Gasteiger charge is 2.30. The fourth-order valence-corrected chi connectivity index (χ4v) is 2.85. The summed E-state index contributed by atoms with van der Waals surface area (Å²) in [6.07, 6.45) is 0. The number of hydrazone groups is 1. The molecule has 0 N–H and O–H groups in total. The van der Waals surface area contributed by atoms with Crippen LogP contribution >= 0.6 is 23.2 Å². The van der Waals surface area contributed by atoms with Crippen LogP contribution in [0.1, 0.15) is 5.56 Å². The quantitative estimate of drug-likeness (QED) is 0.622. The second-order valence-corrected chi connectivity index (χ2v) is 6.16. The predicted molar refractivity (Wildman–Crippen MR) is 98.5 cm³/mol. The number of benzene rings is 2. The molecule has 0 unspecified atom stereocenters. The molecule has 3 rings (SSSR count). The lowest BCUT2D eigenvalue weighted by atomic mass is 9.63. The Morgan fingerprint density at radius 1 is 1.13 bits per heavy atom. The van der Waals surface area contributed by atoms with Crippen LogP contribution in [0.15, 0.2) is 59.7 Å². The van der Waals surface area contributed by atoms with Gasteiger partial charge in [0.1, 0.15) is 0 Å². The highest BCUT2D eigenvalue weighted by atomic mass is 35.5. The van der Waals surface area contributed by atoms with Gasteiger partial charge in [-0.05, 0) is 30.7 Å². The summed E-state index contributed by atoms with van der Waals surface area (Å²) in [4.78, 5) is 12.4. The minimum Gasteiger partial charge on any atom is -0.267 e. The number of aryl methyl sites for hydroxylation is 1. The van der Waals surface area contributed by atoms with Crippen LogP contribution < -0.4 is 10.5 Å². The number of para-hydroxylation sites is 1. The van der Waals surface area contributed by atoms with E-state index < -0.39 is 0 Å². The monoisotopic (exact) mass is 342 g/mol. The van der Waals surface area contributed by atoms with Crippen molar-refractivity contribution in [2.75, 3.05) is 5.01 Å². The largest absolute Gasteiger partial charge is 0.279 e. The fourth-order valence-electron chi connectivity index (χ4n) is 2.40. The Morgan fingerprint density at radius 2 is 1.83 bits per heavy atom. The molecule has 0 saturated heterocycles. The summed E-state index contributed by atoms with van der Waals surface area (Å²) in [6, 6.07) is 12.9. The summed E-state index contributed by atoms with van der Waals surface area (Å²) in [6.45, 7) is 5.78. The van der Waals surface area contributed by atoms with Gasteiger partial charge in [-0.2, -0.15) is 10.1 Å². The van der Waals surface area contributed by atoms with Crippen molar-refractivity contribution in [1.82, 2.24) is 0 Å². The molecule has 1 heterocycles. The number of halogens is 2. The average Bonchev–Trinajstić information content (AvgIpc) is 2.82. The number of hydrogen-bond donors (Lipinski definition) is 0. The second kappa shape index (κ2) is 6.22. The first-order valence-corrected chi connectivity index (χ1v) is 7.83. The first-order chi connectivity index (χ1) is 11.0. The van der Waals surface area contributed by atoms with E-state index in [1.54, 1.807) is 6.07 Å². The van der Waals surface area contributed by atoms with Gasteiger partial charge < -0.3 is 0 Å². The summed E-state index contributed by atoms with van der Waals surface area (Å²) in [5.41, 5.74) is 3.52. The SMILES string of the molecule is C=C1C(=O)N(c2ccccc2)N=C1Bc1cc(C)c(Cl)cc1Cl. The summed E-state index contributed by atoms with van der Waals surface area (Å²) in [5.74, 6) is -0.215. The van der Waals surface area contributed by atoms with E-state index >= 15 is 0 Å². The van der Waals surface area contributed by atoms with Gasteiger partial charge in [-0.15, -0.1) is 0 Å². The maximum atomic E-state index is 12.4. The first kappa shape index (κ1) is 15.8. The van der Waals surface area contributed by atoms with E-state index in [-0.39, 0.29) is 5.91 Å². The van der Waals surface area contributed by atoms with Crippen molar-refractivity contribution in [2.24, 2.45) is 5.10 Å². The molecule has 2 aromatic carbocycles. The minimum atomic E-state index is -0.215. The molecule has 0 radical (unpaired) electrons. The Kier molecular flexibility index (Phi) is 4.29. The Bertz CT molecular complexity index is 834. The lowest BCUT2D eigenvalue weighted by Gasteiger charge is -2.10. The van der Waals surface area contributed by atoms with E-state index in [4.69, 9.17) is 23.2 Å². The summed E-state index contributed by atoms with van der Waals surface area (Å²) < 4.78 is 0. The van der Waals surface area contributed by atoms with Gasteiger partial charge in [0, 0.05) is 21.2 Å². The van der Waals surface area contributed by atoms with Crippen LogP contribution in [0, 0.1) is 6.92 Å². The molecule has 114 valence electrons. The molecule has 0 spiro atoms. The topological polar surface area (TPSA) is 32.7 Å². The molecule has 0 fully saturated rings. The Balaban J connectivity index is 1.93. The lowest BCUT2D eigenvalue weighted by Crippen LogP contribution is -2.26. The molecule has 6 heteroatoms. The molecular formula is C17H13BCl2N2O. The van der Waals surface area contributed by atoms with Crippen LogP contribution in [-0.4, -0.2) is 18.8 Å². The Hall–Kier alpha value is -2.04. The van der Waals surface area contributed by atoms with Crippen molar-refractivity contribution >= 4 is 53.1 Å². The molecule has 1 aliphatic rings. The van der Waals surface area contributed by atoms with Gasteiger partial charge in [-0.25, -0.2) is 0 Å². The van der Waals surface area contributed by atoms with Crippen molar-refractivity contribution in [3.63, 3.8) is 0 Å². The molecule has 0 atom stereocenters. The van der Waals surface area contributed by atoms with Gasteiger partial charge >= 0.3 is 0 Å². The van der Waals surface area contributed by atoms with E-state index in [1.165, 1.54) is 5.01 Å². The van der Waals surface area contributed by atoms with E-state index in [0.29, 0.717) is 34.2 Å². The summed E-state index contributed by atoms with van der Waals surface area (Å²) in [7, 11) is 0.435. The molecule has 0 bridgehead atoms. The number of carbonyl (C=O) groups is 1. The number of nitrogens with zero attached hydrogens (tertiary/aromatic N) is 2. The zero-order valence-electron chi connectivity index (χ0n) is 12.5. The summed E-state index contributed by atoms with van der Waals surface area (Å²) in [5, 5.41) is 6.96. The standard InChI is InChI=1S/C17H13BCl2N2O/c1-10-8-13(15(20)9-14(10)19)18-16-11(2)17(23)22(21-16)12-6-4-3-5-7-12/h3-9,18H,2H2,1H3. The molecule has 0 aliphatic carbocycles. The predicted octanol–water partition coefficient (Wildman–Crippen LogP) is 3.28. The van der Waals surface area contributed by atoms with Crippen LogP contribution in [0.2, 0.25) is 10.0 Å². The van der Waals surface area contributed by atoms with E-state index in [2.05, 4.69) is 11.7 Å². The minimum absolute atomic E-state index is 0.215. The smallest absolute Gasteiger partial charge is 0.267 e. The van der Waals surface area contributed by atoms with Crippen molar-refractivity contribution in [3.05, 3.63) is 70.2 Å². The van der Waals surface area contributed by atoms with Crippen LogP contribution in [0.4, 0.5) is 5.69 Å². The molecule has 3 nitrogen and oxygen atoms in total. The van der Waals surface area contributed by atoms with Crippen LogP contribution in [-0.2, 0) is 4.79 Å². The van der Waals surface area contributed by atoms with Gasteiger partial charge in [0.15, 0.2) is 0 Å². The maximum Gasteiger partial charge on any atom is 0.279 e. The molecule has 2 aromatic rings. The number of amides is 1. The van der Waals surface area contributed by atoms with Crippen LogP contribution in [0.3, 0.4) is 0 Å². The number of anilines is 1. The fraction of sp³-hybridized carbons (Fsp3) is 0.0588. The normalized spacial score (nSPS) is 14.2. The number of rotatable bonds is 3. The third-order valence-electron chi connectivity index (χ3n) is 3.71. The molecule has 1 amide bonds. The van der Waals surface area contributed by atoms with Crippen molar-refractivity contribution < 1.29 is 4.79 Å². The highest BCUT2D eigenvalue weighted by Crippen LogP contribution is 2.23. The van der Waals surface area contributed by atoms with Crippen LogP contribution in [0.5, 0.6) is 0 Å². The molecule has 0 aromatic heterocycles. The van der Waals surface area contributed by atoms with Crippen molar-refractivity contribution in [3.8, 4) is 0 Å². The molecule has 1 aliphatic heterocycles. The van der Waals surface area contributed by atoms with E-state index in [0.717, 1.165) is 11.0 Å². The van der Waals surface area contributed by atoms with Crippen LogP contribution in [0.25, 0.3) is 0 Å². The van der Waals surface area contributed by atoms with E-state index in [1.807, 2.05) is 43.3 Å². The zero-order chi connectivity index (χ0) is 16.6. The van der Waals surface area contributed by atoms with Crippen molar-refractivity contribution in [2.45, 2.75) is 6.92 Å². The summed E-state index contributed by atoms with van der Waals surface area (Å²) >= 11 is 12.3. The van der Waals surface area contributed by atoms with Gasteiger partial charge in [0.25, 0.3) is 5.91 Å².